The average Bonchev–Trinajstić information content (AvgIpc) is 3.31. The van der Waals surface area contributed by atoms with Crippen LogP contribution < -0.4 is 0 Å². The normalized spacial score (nSPS) is 38.6. The van der Waals surface area contributed by atoms with Crippen LogP contribution in [0.1, 0.15) is 59.4 Å². The van der Waals surface area contributed by atoms with Gasteiger partial charge >= 0.3 is 5.97 Å². The Morgan fingerprint density at radius 1 is 0.879 bits per heavy atom. The van der Waals surface area contributed by atoms with Crippen molar-refractivity contribution in [2.75, 3.05) is 68.0 Å². The van der Waals surface area contributed by atoms with Gasteiger partial charge in [0.05, 0.1) is 69.4 Å². The van der Waals surface area contributed by atoms with Crippen molar-refractivity contribution in [3.63, 3.8) is 0 Å². The number of aliphatic hydroxyl groups excluding tert-OH is 3. The van der Waals surface area contributed by atoms with E-state index in [9.17, 15) is 24.9 Å². The van der Waals surface area contributed by atoms with Gasteiger partial charge in [-0.2, -0.15) is 0 Å². The Kier molecular flexibility index (Phi) is 21.2. The largest absolute Gasteiger partial charge is 0.465 e. The highest BCUT2D eigenvalue weighted by molar-refractivity contribution is 5.91. The van der Waals surface area contributed by atoms with Gasteiger partial charge in [-0.05, 0) is 71.8 Å². The molecule has 2 bridgehead atoms. The third-order valence-electron chi connectivity index (χ3n) is 12.7. The Morgan fingerprint density at radius 3 is 2.30 bits per heavy atom. The lowest BCUT2D eigenvalue weighted by Gasteiger charge is -2.47. The molecule has 368 valence electrons. The first kappa shape index (κ1) is 53.3. The molecule has 0 aromatic heterocycles. The number of likely N-dealkylation sites (N-methyl/N-ethyl adjacent to an activating group) is 1. The third-order valence-corrected chi connectivity index (χ3v) is 12.7. The number of cyclic esters (lactones) is 1. The van der Waals surface area contributed by atoms with E-state index in [2.05, 4.69) is 17.0 Å². The zero-order valence-electron chi connectivity index (χ0n) is 39.9. The van der Waals surface area contributed by atoms with Crippen LogP contribution in [0.25, 0.3) is 0 Å². The van der Waals surface area contributed by atoms with E-state index in [1.807, 2.05) is 57.2 Å². The van der Waals surface area contributed by atoms with E-state index in [1.54, 1.807) is 45.0 Å². The number of methoxy groups -OCH3 is 2. The molecule has 16 atom stereocenters. The minimum absolute atomic E-state index is 0.0133. The summed E-state index contributed by atoms with van der Waals surface area (Å²) in [6.07, 6.45) is -3.90. The van der Waals surface area contributed by atoms with Crippen molar-refractivity contribution in [3.05, 3.63) is 59.7 Å². The van der Waals surface area contributed by atoms with Gasteiger partial charge in [0, 0.05) is 44.1 Å². The van der Waals surface area contributed by atoms with Crippen LogP contribution in [0, 0.1) is 35.5 Å². The molecular weight excluding hydrogens is 857 g/mol. The van der Waals surface area contributed by atoms with E-state index in [4.69, 9.17) is 47.5 Å². The molecule has 66 heavy (non-hydrogen) atoms. The number of carbonyl (C=O) groups is 2. The van der Waals surface area contributed by atoms with Crippen LogP contribution in [0.4, 0.5) is 0 Å². The van der Waals surface area contributed by atoms with Gasteiger partial charge in [0.25, 0.3) is 0 Å². The van der Waals surface area contributed by atoms with Crippen molar-refractivity contribution in [1.82, 2.24) is 4.90 Å². The van der Waals surface area contributed by atoms with Gasteiger partial charge in [0.1, 0.15) is 30.1 Å². The number of rotatable bonds is 10. The lowest BCUT2D eigenvalue weighted by Crippen LogP contribution is -2.63. The number of oxime groups is 1. The summed E-state index contributed by atoms with van der Waals surface area (Å²) in [4.78, 5) is 35.3. The summed E-state index contributed by atoms with van der Waals surface area (Å²) in [6, 6.07) is 8.80. The molecule has 1 aromatic carbocycles. The number of carbonyl (C=O) groups excluding carboxylic acids is 2. The van der Waals surface area contributed by atoms with Gasteiger partial charge in [0.15, 0.2) is 25.0 Å². The molecule has 4 aliphatic heterocycles. The van der Waals surface area contributed by atoms with Crippen molar-refractivity contribution in [1.29, 1.82) is 0 Å². The number of benzene rings is 1. The summed E-state index contributed by atoms with van der Waals surface area (Å²) in [5, 5.41) is 37.7. The Hall–Kier alpha value is -3.61. The van der Waals surface area contributed by atoms with Crippen LogP contribution in [-0.4, -0.2) is 179 Å². The van der Waals surface area contributed by atoms with Gasteiger partial charge < -0.3 is 67.7 Å². The third kappa shape index (κ3) is 14.9. The number of esters is 1. The number of ketones is 1. The van der Waals surface area contributed by atoms with E-state index >= 15 is 0 Å². The first-order valence-electron chi connectivity index (χ1n) is 22.9. The summed E-state index contributed by atoms with van der Waals surface area (Å²) in [6.45, 7) is 9.23. The lowest BCUT2D eigenvalue weighted by atomic mass is 9.79. The summed E-state index contributed by atoms with van der Waals surface area (Å²) in [7, 11) is 6.49. The quantitative estimate of drug-likeness (QED) is 0.134. The van der Waals surface area contributed by atoms with Gasteiger partial charge in [-0.1, -0.05) is 66.8 Å². The number of ether oxygens (including phenoxy) is 9. The molecule has 17 nitrogen and oxygen atoms in total. The van der Waals surface area contributed by atoms with Gasteiger partial charge in [-0.15, -0.1) is 0 Å². The predicted molar refractivity (Wildman–Crippen MR) is 242 cm³/mol. The second-order valence-corrected chi connectivity index (χ2v) is 18.0. The molecule has 0 radical (unpaired) electrons. The van der Waals surface area contributed by atoms with Crippen molar-refractivity contribution < 1.29 is 72.4 Å². The number of aliphatic hydroxyl groups is 3. The monoisotopic (exact) mass is 928 g/mol. The molecule has 4 heterocycles. The van der Waals surface area contributed by atoms with Gasteiger partial charge in [-0.3, -0.25) is 9.59 Å². The maximum atomic E-state index is 14.1. The Labute approximate surface area is 389 Å². The van der Waals surface area contributed by atoms with Crippen molar-refractivity contribution >= 4 is 17.5 Å². The Bertz CT molecular complexity index is 1830. The molecule has 1 aromatic rings. The fourth-order valence-corrected chi connectivity index (χ4v) is 8.92. The number of hydrogen-bond acceptors (Lipinski definition) is 17. The first-order valence-corrected chi connectivity index (χ1v) is 22.9. The first-order chi connectivity index (χ1) is 31.6. The lowest BCUT2D eigenvalue weighted by molar-refractivity contribution is -0.305. The van der Waals surface area contributed by atoms with Crippen LogP contribution in [-0.2, 0) is 57.1 Å². The highest BCUT2D eigenvalue weighted by atomic mass is 16.7. The standard InChI is InChI=1S/C49H72N2O15/c1-29-17-18-38(52)30(2)23-36-19-21-59-27-37(50-63-20-13-16-34-14-11-10-12-15-34)28-60-39(31(3)45(36)66-48-44(56)41(51(6)7)42(54)32(4)64-48)24-40(53)61-25-35(22-29)26-62-49-47(58-9)46(57-8)43(55)33(5)65-49/h10-12,14-15,17-18,22,30-33,35-36,39,41-49,54-56H,19-21,23-28H2,1-9H3/b18-17+,29-22+,50-37+/t30-,31+,32-,33-,35+,36?,39-,41+,42-,43-,44-,45-,46-,47-,48+,49-/m1/s1. The number of fused-ring (bicyclic) bond motifs is 3. The Balaban J connectivity index is 1.46. The minimum atomic E-state index is -1.25. The fraction of sp³-hybridized carbons (Fsp3) is 0.694. The predicted octanol–water partition coefficient (Wildman–Crippen LogP) is 3.06. The second kappa shape index (κ2) is 26.2. The topological polar surface area (TPSA) is 203 Å². The molecule has 0 spiro atoms. The van der Waals surface area contributed by atoms with E-state index in [0.29, 0.717) is 18.6 Å². The smallest absolute Gasteiger partial charge is 0.308 e. The van der Waals surface area contributed by atoms with Crippen molar-refractivity contribution in [2.45, 2.75) is 127 Å². The SMILES string of the molecule is CO[C@@H]1[C@H](O)[C@@H](C)O[C@@H](OC[C@H]2/C=C(C)/C=C/C(=O)[C@H](C)CC3CCOC/C(=N\OCC#Cc4ccccc4)CO[C@H](CC(=O)OC2)[C@H](C)[C@H]3O[C@@H]2O[C@H](C)[C@@H](O)[C@H](N(C)C)[C@H]2O)[C@@H]1OC. The van der Waals surface area contributed by atoms with Crippen LogP contribution in [0.15, 0.2) is 59.3 Å². The summed E-state index contributed by atoms with van der Waals surface area (Å²) >= 11 is 0. The highest BCUT2D eigenvalue weighted by Gasteiger charge is 2.48. The van der Waals surface area contributed by atoms with Crippen LogP contribution in [0.2, 0.25) is 0 Å². The molecule has 5 rings (SSSR count). The van der Waals surface area contributed by atoms with Crippen LogP contribution in [0.5, 0.6) is 0 Å². The highest BCUT2D eigenvalue weighted by Crippen LogP contribution is 2.36. The number of hydrogen-bond donors (Lipinski definition) is 3. The summed E-state index contributed by atoms with van der Waals surface area (Å²) in [5.41, 5.74) is 2.00. The molecule has 1 unspecified atom stereocenters. The van der Waals surface area contributed by atoms with Gasteiger partial charge in [-0.25, -0.2) is 0 Å². The van der Waals surface area contributed by atoms with Gasteiger partial charge in [0.2, 0.25) is 0 Å². The number of nitrogens with zero attached hydrogens (tertiary/aromatic N) is 2. The maximum absolute atomic E-state index is 14.1. The maximum Gasteiger partial charge on any atom is 0.308 e. The molecule has 3 saturated heterocycles. The van der Waals surface area contributed by atoms with Crippen LogP contribution in [0.3, 0.4) is 0 Å². The van der Waals surface area contributed by atoms with E-state index in [1.165, 1.54) is 14.2 Å². The Morgan fingerprint density at radius 2 is 1.59 bits per heavy atom. The number of allylic oxidation sites excluding steroid dienone is 3. The van der Waals surface area contributed by atoms with E-state index in [0.717, 1.165) is 11.1 Å². The molecule has 3 N–H and O–H groups in total. The second-order valence-electron chi connectivity index (χ2n) is 18.0. The van der Waals surface area contributed by atoms with Crippen LogP contribution >= 0.6 is 0 Å². The molecule has 4 aliphatic rings. The summed E-state index contributed by atoms with van der Waals surface area (Å²) < 4.78 is 55.1. The zero-order valence-corrected chi connectivity index (χ0v) is 39.9. The molecular formula is C49H72N2O15. The zero-order chi connectivity index (χ0) is 47.9. The molecule has 0 aliphatic carbocycles. The molecule has 3 fully saturated rings. The van der Waals surface area contributed by atoms with E-state index in [-0.39, 0.29) is 57.8 Å². The average molecular weight is 929 g/mol. The molecule has 0 saturated carbocycles. The molecule has 0 amide bonds. The van der Waals surface area contributed by atoms with E-state index < -0.39 is 97.3 Å². The van der Waals surface area contributed by atoms with Crippen molar-refractivity contribution in [2.24, 2.45) is 28.8 Å². The van der Waals surface area contributed by atoms with Crippen molar-refractivity contribution in [3.8, 4) is 11.8 Å². The fourth-order valence-electron chi connectivity index (χ4n) is 8.92. The molecule has 17 heteroatoms. The summed E-state index contributed by atoms with van der Waals surface area (Å²) in [5.74, 6) is 3.42. The minimum Gasteiger partial charge on any atom is -0.465 e.